The van der Waals surface area contributed by atoms with Gasteiger partial charge < -0.3 is 5.73 Å². The molecule has 0 aliphatic heterocycles. The van der Waals surface area contributed by atoms with Gasteiger partial charge in [-0.05, 0) is 37.0 Å². The van der Waals surface area contributed by atoms with Crippen molar-refractivity contribution in [3.05, 3.63) is 35.5 Å². The molecule has 0 atom stereocenters. The number of nitrogens with zero attached hydrogens (tertiary/aromatic N) is 3. The minimum atomic E-state index is 0.522. The maximum Gasteiger partial charge on any atom is 0.186 e. The summed E-state index contributed by atoms with van der Waals surface area (Å²) in [6.07, 6.45) is 0.888. The quantitative estimate of drug-likeness (QED) is 0.768. The van der Waals surface area contributed by atoms with E-state index in [1.54, 1.807) is 0 Å². The first-order valence-corrected chi connectivity index (χ1v) is 6.84. The summed E-state index contributed by atoms with van der Waals surface area (Å²) in [5.41, 5.74) is 10.0. The lowest BCUT2D eigenvalue weighted by Crippen LogP contribution is -2.01. The Balaban J connectivity index is 2.21. The molecule has 0 saturated carbocycles. The minimum absolute atomic E-state index is 0.522. The zero-order valence-electron chi connectivity index (χ0n) is 12.0. The van der Waals surface area contributed by atoms with Crippen LogP contribution in [0.15, 0.2) is 24.3 Å². The molecule has 2 heterocycles. The van der Waals surface area contributed by atoms with Gasteiger partial charge in [0.1, 0.15) is 5.82 Å². The van der Waals surface area contributed by atoms with Crippen molar-refractivity contribution in [2.45, 2.75) is 27.2 Å². The van der Waals surface area contributed by atoms with E-state index >= 15 is 0 Å². The molecule has 104 valence electrons. The molecular formula is C15H19N5. The van der Waals surface area contributed by atoms with Gasteiger partial charge in [0, 0.05) is 0 Å². The number of anilines is 1. The summed E-state index contributed by atoms with van der Waals surface area (Å²) >= 11 is 0. The second-order valence-corrected chi connectivity index (χ2v) is 5.63. The Labute approximate surface area is 117 Å². The summed E-state index contributed by atoms with van der Waals surface area (Å²) in [7, 11) is 0. The number of nitrogens with two attached hydrogens (primary N) is 1. The number of hydrogen-bond acceptors (Lipinski definition) is 3. The third kappa shape index (κ3) is 2.05. The second-order valence-electron chi connectivity index (χ2n) is 5.63. The molecule has 0 bridgehead atoms. The van der Waals surface area contributed by atoms with E-state index in [1.807, 2.05) is 16.8 Å². The predicted molar refractivity (Wildman–Crippen MR) is 80.9 cm³/mol. The van der Waals surface area contributed by atoms with Crippen LogP contribution in [0.4, 0.5) is 5.82 Å². The molecule has 1 aromatic carbocycles. The molecule has 3 rings (SSSR count). The largest absolute Gasteiger partial charge is 0.383 e. The Morgan fingerprint density at radius 3 is 2.85 bits per heavy atom. The van der Waals surface area contributed by atoms with Gasteiger partial charge in [-0.1, -0.05) is 26.0 Å². The van der Waals surface area contributed by atoms with Gasteiger partial charge in [0.25, 0.3) is 0 Å². The van der Waals surface area contributed by atoms with Gasteiger partial charge in [-0.2, -0.15) is 10.2 Å². The first-order chi connectivity index (χ1) is 9.56. The topological polar surface area (TPSA) is 72.5 Å². The fourth-order valence-electron chi connectivity index (χ4n) is 2.47. The molecule has 3 N–H and O–H groups in total. The van der Waals surface area contributed by atoms with Gasteiger partial charge in [0.15, 0.2) is 5.65 Å². The average Bonchev–Trinajstić information content (AvgIpc) is 2.91. The number of nitrogen functional groups attached to an aromatic ring is 1. The van der Waals surface area contributed by atoms with Crippen LogP contribution in [0.25, 0.3) is 16.7 Å². The van der Waals surface area contributed by atoms with Crippen molar-refractivity contribution in [2.75, 3.05) is 5.73 Å². The van der Waals surface area contributed by atoms with Gasteiger partial charge in [0.05, 0.1) is 16.8 Å². The van der Waals surface area contributed by atoms with Crippen molar-refractivity contribution in [3.8, 4) is 5.69 Å². The van der Waals surface area contributed by atoms with Crippen LogP contribution in [0, 0.1) is 12.8 Å². The van der Waals surface area contributed by atoms with Crippen molar-refractivity contribution in [1.29, 1.82) is 0 Å². The van der Waals surface area contributed by atoms with Crippen LogP contribution in [-0.2, 0) is 6.42 Å². The molecule has 0 saturated heterocycles. The van der Waals surface area contributed by atoms with Crippen LogP contribution in [0.2, 0.25) is 0 Å². The number of aromatic amines is 1. The van der Waals surface area contributed by atoms with E-state index in [2.05, 4.69) is 43.1 Å². The normalized spacial score (nSPS) is 11.6. The zero-order valence-corrected chi connectivity index (χ0v) is 12.0. The van der Waals surface area contributed by atoms with Crippen LogP contribution >= 0.6 is 0 Å². The van der Waals surface area contributed by atoms with E-state index in [9.17, 15) is 0 Å². The van der Waals surface area contributed by atoms with Crippen molar-refractivity contribution >= 4 is 16.9 Å². The van der Waals surface area contributed by atoms with Crippen LogP contribution < -0.4 is 5.73 Å². The van der Waals surface area contributed by atoms with Crippen molar-refractivity contribution in [2.24, 2.45) is 5.92 Å². The highest BCUT2D eigenvalue weighted by atomic mass is 15.4. The van der Waals surface area contributed by atoms with Crippen molar-refractivity contribution in [3.63, 3.8) is 0 Å². The van der Waals surface area contributed by atoms with Crippen molar-refractivity contribution < 1.29 is 0 Å². The number of benzene rings is 1. The summed E-state index contributed by atoms with van der Waals surface area (Å²) in [4.78, 5) is 0. The summed E-state index contributed by atoms with van der Waals surface area (Å²) in [6.45, 7) is 6.42. The van der Waals surface area contributed by atoms with Crippen LogP contribution in [0.1, 0.15) is 25.1 Å². The molecule has 3 aromatic rings. The number of rotatable bonds is 3. The molecule has 0 spiro atoms. The number of hydrogen-bond donors (Lipinski definition) is 2. The van der Waals surface area contributed by atoms with E-state index < -0.39 is 0 Å². The Morgan fingerprint density at radius 1 is 1.35 bits per heavy atom. The number of nitrogens with one attached hydrogen (secondary N) is 1. The Kier molecular flexibility index (Phi) is 2.97. The summed E-state index contributed by atoms with van der Waals surface area (Å²) < 4.78 is 1.87. The minimum Gasteiger partial charge on any atom is -0.383 e. The Bertz CT molecular complexity index is 751. The van der Waals surface area contributed by atoms with Gasteiger partial charge >= 0.3 is 0 Å². The maximum absolute atomic E-state index is 6.00. The standard InChI is InChI=1S/C15H19N5/c1-9(2)7-12-13-14(16)17-18-15(13)20(19-12)11-6-4-5-10(3)8-11/h4-6,8-9H,7H2,1-3H3,(H3,16,17,18). The van der Waals surface area contributed by atoms with E-state index in [-0.39, 0.29) is 0 Å². The lowest BCUT2D eigenvalue weighted by molar-refractivity contribution is 0.630. The second kappa shape index (κ2) is 4.67. The van der Waals surface area contributed by atoms with Gasteiger partial charge in [-0.25, -0.2) is 4.68 Å². The SMILES string of the molecule is Cc1cccc(-n2nc(CC(C)C)c3c(N)[nH]nc32)c1. The highest BCUT2D eigenvalue weighted by molar-refractivity contribution is 5.90. The molecule has 0 radical (unpaired) electrons. The van der Waals surface area contributed by atoms with Gasteiger partial charge in [-0.15, -0.1) is 0 Å². The predicted octanol–water partition coefficient (Wildman–Crippen LogP) is 2.84. The summed E-state index contributed by atoms with van der Waals surface area (Å²) in [5.74, 6) is 1.11. The third-order valence-electron chi connectivity index (χ3n) is 3.33. The van der Waals surface area contributed by atoms with Crippen LogP contribution in [0.3, 0.4) is 0 Å². The lowest BCUT2D eigenvalue weighted by atomic mass is 10.1. The smallest absolute Gasteiger partial charge is 0.186 e. The number of H-pyrrole nitrogens is 1. The Morgan fingerprint density at radius 2 is 2.15 bits per heavy atom. The van der Waals surface area contributed by atoms with Gasteiger partial charge in [-0.3, -0.25) is 5.10 Å². The Hall–Kier alpha value is -2.30. The highest BCUT2D eigenvalue weighted by Gasteiger charge is 2.18. The van der Waals surface area contributed by atoms with Gasteiger partial charge in [0.2, 0.25) is 0 Å². The molecule has 5 heteroatoms. The summed E-state index contributed by atoms with van der Waals surface area (Å²) in [6, 6.07) is 8.22. The molecular weight excluding hydrogens is 250 g/mol. The molecule has 2 aromatic heterocycles. The molecule has 0 amide bonds. The summed E-state index contributed by atoms with van der Waals surface area (Å²) in [5, 5.41) is 12.8. The molecule has 20 heavy (non-hydrogen) atoms. The average molecular weight is 269 g/mol. The maximum atomic E-state index is 6.00. The number of fused-ring (bicyclic) bond motifs is 1. The molecule has 0 fully saturated rings. The lowest BCUT2D eigenvalue weighted by Gasteiger charge is -2.03. The molecule has 0 unspecified atom stereocenters. The first-order valence-electron chi connectivity index (χ1n) is 6.84. The molecule has 0 aliphatic rings. The molecule has 0 aliphatic carbocycles. The zero-order chi connectivity index (χ0) is 14.3. The monoisotopic (exact) mass is 269 g/mol. The molecule has 5 nitrogen and oxygen atoms in total. The third-order valence-corrected chi connectivity index (χ3v) is 3.33. The van der Waals surface area contributed by atoms with Crippen LogP contribution in [-0.4, -0.2) is 20.0 Å². The van der Waals surface area contributed by atoms with E-state index in [4.69, 9.17) is 10.8 Å². The number of aromatic nitrogens is 4. The van der Waals surface area contributed by atoms with Crippen LogP contribution in [0.5, 0.6) is 0 Å². The first kappa shape index (κ1) is 12.7. The number of aryl methyl sites for hydroxylation is 1. The fraction of sp³-hybridized carbons (Fsp3) is 0.333. The fourth-order valence-corrected chi connectivity index (χ4v) is 2.47. The van der Waals surface area contributed by atoms with E-state index in [1.165, 1.54) is 5.56 Å². The highest BCUT2D eigenvalue weighted by Crippen LogP contribution is 2.26. The van der Waals surface area contributed by atoms with E-state index in [0.29, 0.717) is 11.7 Å². The van der Waals surface area contributed by atoms with E-state index in [0.717, 1.165) is 28.8 Å². The van der Waals surface area contributed by atoms with Crippen molar-refractivity contribution in [1.82, 2.24) is 20.0 Å².